The maximum Gasteiger partial charge on any atom is 0.225 e. The first-order valence-corrected chi connectivity index (χ1v) is 8.45. The molecule has 3 rings (SSSR count). The predicted molar refractivity (Wildman–Crippen MR) is 88.2 cm³/mol. The van der Waals surface area contributed by atoms with E-state index in [9.17, 15) is 5.11 Å². The van der Waals surface area contributed by atoms with E-state index in [1.54, 1.807) is 0 Å². The fourth-order valence-corrected chi connectivity index (χ4v) is 3.89. The van der Waals surface area contributed by atoms with Crippen molar-refractivity contribution in [1.29, 1.82) is 0 Å². The highest BCUT2D eigenvalue weighted by Crippen LogP contribution is 2.29. The first-order chi connectivity index (χ1) is 10.6. The molecule has 2 heterocycles. The SMILES string of the molecule is Cc1nc(N2C[C@@H](CN(C)C)[C@@H](CO)C2)nc2c1CCCC2. The number of anilines is 1. The molecule has 1 aliphatic heterocycles. The van der Waals surface area contributed by atoms with Gasteiger partial charge in [0.05, 0.1) is 0 Å². The fraction of sp³-hybridized carbons (Fsp3) is 0.765. The summed E-state index contributed by atoms with van der Waals surface area (Å²) in [7, 11) is 4.19. The normalized spacial score (nSPS) is 24.9. The van der Waals surface area contributed by atoms with Gasteiger partial charge in [0.25, 0.3) is 0 Å². The molecule has 1 saturated heterocycles. The zero-order valence-electron chi connectivity index (χ0n) is 14.0. The van der Waals surface area contributed by atoms with Crippen LogP contribution in [-0.4, -0.2) is 60.3 Å². The van der Waals surface area contributed by atoms with E-state index in [-0.39, 0.29) is 6.61 Å². The van der Waals surface area contributed by atoms with E-state index in [2.05, 4.69) is 30.8 Å². The number of rotatable bonds is 4. The summed E-state index contributed by atoms with van der Waals surface area (Å²) in [5, 5.41) is 9.67. The van der Waals surface area contributed by atoms with Crippen molar-refractivity contribution < 1.29 is 5.11 Å². The Balaban J connectivity index is 1.81. The third-order valence-electron chi connectivity index (χ3n) is 5.07. The summed E-state index contributed by atoms with van der Waals surface area (Å²) >= 11 is 0. The standard InChI is InChI=1S/C17H28N4O/c1-12-15-6-4-5-7-16(15)19-17(18-12)21-9-13(8-20(2)3)14(10-21)11-22/h13-14,22H,4-11H2,1-3H3/t13-,14-/m1/s1. The minimum Gasteiger partial charge on any atom is -0.396 e. The molecule has 1 aliphatic carbocycles. The largest absolute Gasteiger partial charge is 0.396 e. The van der Waals surface area contributed by atoms with E-state index in [0.717, 1.165) is 44.1 Å². The first-order valence-electron chi connectivity index (χ1n) is 8.45. The third-order valence-corrected chi connectivity index (χ3v) is 5.07. The van der Waals surface area contributed by atoms with Crippen molar-refractivity contribution in [2.24, 2.45) is 11.8 Å². The lowest BCUT2D eigenvalue weighted by molar-refractivity contribution is 0.185. The Morgan fingerprint density at radius 3 is 2.59 bits per heavy atom. The van der Waals surface area contributed by atoms with Crippen LogP contribution < -0.4 is 4.90 Å². The van der Waals surface area contributed by atoms with E-state index in [4.69, 9.17) is 9.97 Å². The molecule has 0 unspecified atom stereocenters. The Kier molecular flexibility index (Phi) is 4.64. The molecule has 122 valence electrons. The minimum absolute atomic E-state index is 0.249. The van der Waals surface area contributed by atoms with Crippen molar-refractivity contribution in [1.82, 2.24) is 14.9 Å². The summed E-state index contributed by atoms with van der Waals surface area (Å²) in [6, 6.07) is 0. The maximum atomic E-state index is 9.67. The minimum atomic E-state index is 0.249. The topological polar surface area (TPSA) is 52.5 Å². The molecule has 1 fully saturated rings. The lowest BCUT2D eigenvalue weighted by Gasteiger charge is -2.22. The average molecular weight is 304 g/mol. The molecule has 0 aromatic carbocycles. The molecule has 1 N–H and O–H groups in total. The maximum absolute atomic E-state index is 9.67. The second-order valence-corrected chi connectivity index (χ2v) is 7.11. The molecule has 0 spiro atoms. The molecular formula is C17H28N4O. The quantitative estimate of drug-likeness (QED) is 0.908. The van der Waals surface area contributed by atoms with Gasteiger partial charge >= 0.3 is 0 Å². The van der Waals surface area contributed by atoms with Gasteiger partial charge in [-0.2, -0.15) is 0 Å². The second kappa shape index (κ2) is 6.50. The van der Waals surface area contributed by atoms with Crippen molar-refractivity contribution in [2.45, 2.75) is 32.6 Å². The molecule has 5 nitrogen and oxygen atoms in total. The molecule has 1 aromatic heterocycles. The van der Waals surface area contributed by atoms with Gasteiger partial charge in [-0.15, -0.1) is 0 Å². The van der Waals surface area contributed by atoms with Crippen LogP contribution in [0.15, 0.2) is 0 Å². The third kappa shape index (κ3) is 3.10. The highest BCUT2D eigenvalue weighted by Gasteiger charge is 2.34. The number of aliphatic hydroxyl groups excluding tert-OH is 1. The number of aliphatic hydroxyl groups is 1. The summed E-state index contributed by atoms with van der Waals surface area (Å²) in [6.45, 7) is 5.19. The van der Waals surface area contributed by atoms with Crippen LogP contribution in [0.25, 0.3) is 0 Å². The fourth-order valence-electron chi connectivity index (χ4n) is 3.89. The highest BCUT2D eigenvalue weighted by molar-refractivity contribution is 5.39. The van der Waals surface area contributed by atoms with Crippen LogP contribution in [0.1, 0.15) is 29.8 Å². The summed E-state index contributed by atoms with van der Waals surface area (Å²) in [5.74, 6) is 1.68. The van der Waals surface area contributed by atoms with Crippen molar-refractivity contribution in [3.05, 3.63) is 17.0 Å². The van der Waals surface area contributed by atoms with Gasteiger partial charge in [0, 0.05) is 43.5 Å². The van der Waals surface area contributed by atoms with Crippen molar-refractivity contribution in [2.75, 3.05) is 45.2 Å². The van der Waals surface area contributed by atoms with Gasteiger partial charge in [0.15, 0.2) is 0 Å². The van der Waals surface area contributed by atoms with E-state index in [1.807, 2.05) is 0 Å². The molecule has 0 amide bonds. The molecule has 2 aliphatic rings. The van der Waals surface area contributed by atoms with Gasteiger partial charge in [-0.1, -0.05) is 0 Å². The van der Waals surface area contributed by atoms with Gasteiger partial charge in [-0.25, -0.2) is 9.97 Å². The smallest absolute Gasteiger partial charge is 0.225 e. The monoisotopic (exact) mass is 304 g/mol. The Bertz CT molecular complexity index is 532. The number of aryl methyl sites for hydroxylation is 2. The number of hydrogen-bond acceptors (Lipinski definition) is 5. The Morgan fingerprint density at radius 1 is 1.14 bits per heavy atom. The van der Waals surface area contributed by atoms with Gasteiger partial charge in [0.1, 0.15) is 0 Å². The van der Waals surface area contributed by atoms with Crippen molar-refractivity contribution in [3.8, 4) is 0 Å². The van der Waals surface area contributed by atoms with Gasteiger partial charge in [-0.3, -0.25) is 0 Å². The van der Waals surface area contributed by atoms with Crippen LogP contribution in [0.4, 0.5) is 5.95 Å². The molecule has 2 atom stereocenters. The highest BCUT2D eigenvalue weighted by atomic mass is 16.3. The molecule has 1 aromatic rings. The number of aromatic nitrogens is 2. The number of nitrogens with zero attached hydrogens (tertiary/aromatic N) is 4. The van der Waals surface area contributed by atoms with E-state index in [0.29, 0.717) is 11.8 Å². The zero-order chi connectivity index (χ0) is 15.7. The summed E-state index contributed by atoms with van der Waals surface area (Å²) < 4.78 is 0. The van der Waals surface area contributed by atoms with Gasteiger partial charge in [0.2, 0.25) is 5.95 Å². The van der Waals surface area contributed by atoms with Crippen molar-refractivity contribution in [3.63, 3.8) is 0 Å². The van der Waals surface area contributed by atoms with E-state index < -0.39 is 0 Å². The van der Waals surface area contributed by atoms with Crippen LogP contribution in [0.2, 0.25) is 0 Å². The average Bonchev–Trinajstić information content (AvgIpc) is 2.89. The lowest BCUT2D eigenvalue weighted by Crippen LogP contribution is -2.29. The number of fused-ring (bicyclic) bond motifs is 1. The summed E-state index contributed by atoms with van der Waals surface area (Å²) in [6.07, 6.45) is 4.72. The molecular weight excluding hydrogens is 276 g/mol. The second-order valence-electron chi connectivity index (χ2n) is 7.11. The molecule has 22 heavy (non-hydrogen) atoms. The van der Waals surface area contributed by atoms with Crippen LogP contribution in [0.3, 0.4) is 0 Å². The molecule has 5 heteroatoms. The van der Waals surface area contributed by atoms with Crippen LogP contribution in [0.5, 0.6) is 0 Å². The van der Waals surface area contributed by atoms with Crippen LogP contribution >= 0.6 is 0 Å². The van der Waals surface area contributed by atoms with Crippen LogP contribution in [-0.2, 0) is 12.8 Å². The Hall–Kier alpha value is -1.20. The molecule has 0 radical (unpaired) electrons. The zero-order valence-corrected chi connectivity index (χ0v) is 14.0. The summed E-state index contributed by atoms with van der Waals surface area (Å²) in [5.41, 5.74) is 3.78. The van der Waals surface area contributed by atoms with Crippen LogP contribution in [0, 0.1) is 18.8 Å². The molecule has 0 bridgehead atoms. The van der Waals surface area contributed by atoms with E-state index in [1.165, 1.54) is 24.1 Å². The molecule has 0 saturated carbocycles. The number of hydrogen-bond donors (Lipinski definition) is 1. The Labute approximate surface area is 133 Å². The Morgan fingerprint density at radius 2 is 1.86 bits per heavy atom. The first kappa shape index (κ1) is 15.7. The lowest BCUT2D eigenvalue weighted by atomic mass is 9.95. The van der Waals surface area contributed by atoms with Gasteiger partial charge < -0.3 is 14.9 Å². The summed E-state index contributed by atoms with van der Waals surface area (Å²) in [4.78, 5) is 14.1. The van der Waals surface area contributed by atoms with Gasteiger partial charge in [-0.05, 0) is 58.2 Å². The van der Waals surface area contributed by atoms with Crippen molar-refractivity contribution >= 4 is 5.95 Å². The van der Waals surface area contributed by atoms with E-state index >= 15 is 0 Å². The predicted octanol–water partition coefficient (Wildman–Crippen LogP) is 1.27.